The van der Waals surface area contributed by atoms with Gasteiger partial charge >= 0.3 is 0 Å². The van der Waals surface area contributed by atoms with Gasteiger partial charge in [-0.2, -0.15) is 16.4 Å². The molecule has 0 aliphatic rings. The SMILES string of the molecule is O=C(NCCSCc1ccccc1F)c1ccccc1SCc1nnnn1-c1ccccc1. The van der Waals surface area contributed by atoms with Crippen LogP contribution in [-0.4, -0.2) is 38.4 Å². The number of halogens is 1. The van der Waals surface area contributed by atoms with E-state index in [1.807, 2.05) is 60.7 Å². The first-order chi connectivity index (χ1) is 16.2. The molecule has 0 radical (unpaired) electrons. The van der Waals surface area contributed by atoms with Crippen molar-refractivity contribution in [3.05, 3.63) is 102 Å². The van der Waals surface area contributed by atoms with Crippen LogP contribution in [0.4, 0.5) is 4.39 Å². The van der Waals surface area contributed by atoms with Gasteiger partial charge < -0.3 is 5.32 Å². The molecule has 1 amide bonds. The Hall–Kier alpha value is -3.17. The summed E-state index contributed by atoms with van der Waals surface area (Å²) in [6.45, 7) is 0.503. The van der Waals surface area contributed by atoms with Crippen molar-refractivity contribution >= 4 is 29.4 Å². The maximum atomic E-state index is 13.7. The van der Waals surface area contributed by atoms with Gasteiger partial charge in [0.25, 0.3) is 5.91 Å². The molecule has 0 fully saturated rings. The zero-order valence-electron chi connectivity index (χ0n) is 17.7. The second-order valence-electron chi connectivity index (χ2n) is 7.03. The van der Waals surface area contributed by atoms with Crippen LogP contribution >= 0.6 is 23.5 Å². The smallest absolute Gasteiger partial charge is 0.252 e. The predicted octanol–water partition coefficient (Wildman–Crippen LogP) is 4.76. The van der Waals surface area contributed by atoms with Gasteiger partial charge in [0.05, 0.1) is 17.0 Å². The van der Waals surface area contributed by atoms with E-state index in [1.54, 1.807) is 28.6 Å². The van der Waals surface area contributed by atoms with Crippen LogP contribution in [0.25, 0.3) is 5.69 Å². The van der Waals surface area contributed by atoms with E-state index in [2.05, 4.69) is 20.8 Å². The number of para-hydroxylation sites is 1. The van der Waals surface area contributed by atoms with Crippen LogP contribution in [0.15, 0.2) is 83.8 Å². The molecule has 33 heavy (non-hydrogen) atoms. The van der Waals surface area contributed by atoms with Gasteiger partial charge in [0, 0.05) is 22.9 Å². The minimum Gasteiger partial charge on any atom is -0.351 e. The van der Waals surface area contributed by atoms with Gasteiger partial charge in [-0.25, -0.2) is 4.39 Å². The number of benzene rings is 3. The van der Waals surface area contributed by atoms with Gasteiger partial charge in [-0.15, -0.1) is 16.9 Å². The molecule has 3 aromatic carbocycles. The molecule has 0 unspecified atom stereocenters. The second-order valence-corrected chi connectivity index (χ2v) is 9.15. The minimum absolute atomic E-state index is 0.132. The number of hydrogen-bond acceptors (Lipinski definition) is 6. The molecule has 1 aromatic heterocycles. The van der Waals surface area contributed by atoms with E-state index < -0.39 is 0 Å². The third kappa shape index (κ3) is 6.21. The Morgan fingerprint density at radius 3 is 2.55 bits per heavy atom. The molecular weight excluding hydrogens is 457 g/mol. The molecule has 0 saturated carbocycles. The van der Waals surface area contributed by atoms with Gasteiger partial charge in [0.15, 0.2) is 5.82 Å². The first kappa shape index (κ1) is 23.0. The molecule has 0 spiro atoms. The maximum Gasteiger partial charge on any atom is 0.252 e. The van der Waals surface area contributed by atoms with Crippen molar-refractivity contribution in [2.45, 2.75) is 16.4 Å². The van der Waals surface area contributed by atoms with E-state index in [0.717, 1.165) is 10.6 Å². The Kier molecular flexibility index (Phi) is 8.10. The summed E-state index contributed by atoms with van der Waals surface area (Å²) in [5, 5.41) is 15.0. The van der Waals surface area contributed by atoms with Crippen molar-refractivity contribution in [2.24, 2.45) is 0 Å². The lowest BCUT2D eigenvalue weighted by atomic mass is 10.2. The lowest BCUT2D eigenvalue weighted by molar-refractivity contribution is 0.0953. The summed E-state index contributed by atoms with van der Waals surface area (Å²) in [4.78, 5) is 13.6. The normalized spacial score (nSPS) is 10.8. The van der Waals surface area contributed by atoms with Crippen molar-refractivity contribution in [3.8, 4) is 5.69 Å². The number of aromatic nitrogens is 4. The molecule has 6 nitrogen and oxygen atoms in total. The maximum absolute atomic E-state index is 13.7. The monoisotopic (exact) mass is 479 g/mol. The van der Waals surface area contributed by atoms with Crippen LogP contribution in [0.3, 0.4) is 0 Å². The molecule has 1 N–H and O–H groups in total. The molecule has 0 aliphatic heterocycles. The zero-order chi connectivity index (χ0) is 22.9. The standard InChI is InChI=1S/C24H22FN5OS2/c25-21-12-6-4-8-18(21)16-32-15-14-26-24(31)20-11-5-7-13-22(20)33-17-23-27-28-29-30(23)19-9-2-1-3-10-19/h1-13H,14-17H2,(H,26,31). The fourth-order valence-electron chi connectivity index (χ4n) is 3.12. The highest BCUT2D eigenvalue weighted by atomic mass is 32.2. The highest BCUT2D eigenvalue weighted by molar-refractivity contribution is 7.98. The average molecular weight is 480 g/mol. The summed E-state index contributed by atoms with van der Waals surface area (Å²) in [5.41, 5.74) is 2.17. The van der Waals surface area contributed by atoms with E-state index in [9.17, 15) is 9.18 Å². The number of tetrazole rings is 1. The van der Waals surface area contributed by atoms with E-state index in [0.29, 0.717) is 40.8 Å². The topological polar surface area (TPSA) is 72.7 Å². The van der Waals surface area contributed by atoms with E-state index >= 15 is 0 Å². The summed E-state index contributed by atoms with van der Waals surface area (Å²) >= 11 is 3.10. The number of amides is 1. The van der Waals surface area contributed by atoms with E-state index in [1.165, 1.54) is 17.8 Å². The Balaban J connectivity index is 1.31. The summed E-state index contributed by atoms with van der Waals surface area (Å²) in [6, 6.07) is 23.9. The number of carbonyl (C=O) groups excluding carboxylic acids is 1. The minimum atomic E-state index is -0.196. The van der Waals surface area contributed by atoms with Crippen LogP contribution in [-0.2, 0) is 11.5 Å². The summed E-state index contributed by atoms with van der Waals surface area (Å²) in [5.74, 6) is 2.16. The van der Waals surface area contributed by atoms with Gasteiger partial charge in [-0.3, -0.25) is 4.79 Å². The van der Waals surface area contributed by atoms with Crippen molar-refractivity contribution in [1.82, 2.24) is 25.5 Å². The zero-order valence-corrected chi connectivity index (χ0v) is 19.4. The highest BCUT2D eigenvalue weighted by Crippen LogP contribution is 2.26. The fourth-order valence-corrected chi connectivity index (χ4v) is 4.92. The van der Waals surface area contributed by atoms with Gasteiger partial charge in [0.2, 0.25) is 0 Å². The summed E-state index contributed by atoms with van der Waals surface area (Å²) in [7, 11) is 0. The molecule has 9 heteroatoms. The largest absolute Gasteiger partial charge is 0.351 e. The van der Waals surface area contributed by atoms with Crippen molar-refractivity contribution in [1.29, 1.82) is 0 Å². The highest BCUT2D eigenvalue weighted by Gasteiger charge is 2.14. The van der Waals surface area contributed by atoms with Crippen LogP contribution in [0.5, 0.6) is 0 Å². The number of nitrogens with one attached hydrogen (secondary N) is 1. The first-order valence-electron chi connectivity index (χ1n) is 10.4. The molecule has 1 heterocycles. The Bertz CT molecular complexity index is 1200. The molecular formula is C24H22FN5OS2. The Morgan fingerprint density at radius 1 is 0.939 bits per heavy atom. The lowest BCUT2D eigenvalue weighted by Gasteiger charge is -2.10. The first-order valence-corrected chi connectivity index (χ1v) is 12.5. The van der Waals surface area contributed by atoms with Gasteiger partial charge in [-0.05, 0) is 46.3 Å². The Morgan fingerprint density at radius 2 is 1.70 bits per heavy atom. The van der Waals surface area contributed by atoms with Crippen LogP contribution in [0.2, 0.25) is 0 Å². The predicted molar refractivity (Wildman–Crippen MR) is 130 cm³/mol. The fraction of sp³-hybridized carbons (Fsp3) is 0.167. The molecule has 0 saturated heterocycles. The van der Waals surface area contributed by atoms with Crippen molar-refractivity contribution in [3.63, 3.8) is 0 Å². The molecule has 4 rings (SSSR count). The van der Waals surface area contributed by atoms with Gasteiger partial charge in [-0.1, -0.05) is 48.5 Å². The van der Waals surface area contributed by atoms with Crippen LogP contribution < -0.4 is 5.32 Å². The number of thioether (sulfide) groups is 2. The second kappa shape index (κ2) is 11.6. The van der Waals surface area contributed by atoms with Gasteiger partial charge in [0.1, 0.15) is 5.82 Å². The van der Waals surface area contributed by atoms with Crippen molar-refractivity contribution < 1.29 is 9.18 Å². The number of rotatable bonds is 10. The number of carbonyl (C=O) groups is 1. The Labute approximate surface area is 200 Å². The molecule has 0 aliphatic carbocycles. The third-order valence-electron chi connectivity index (χ3n) is 4.77. The number of hydrogen-bond donors (Lipinski definition) is 1. The van der Waals surface area contributed by atoms with E-state index in [4.69, 9.17) is 0 Å². The number of nitrogens with zero attached hydrogens (tertiary/aromatic N) is 4. The quantitative estimate of drug-likeness (QED) is 0.261. The van der Waals surface area contributed by atoms with Crippen LogP contribution in [0.1, 0.15) is 21.7 Å². The van der Waals surface area contributed by atoms with Crippen LogP contribution in [0, 0.1) is 5.82 Å². The molecule has 0 atom stereocenters. The summed E-state index contributed by atoms with van der Waals surface area (Å²) in [6.07, 6.45) is 0. The van der Waals surface area contributed by atoms with Crippen molar-refractivity contribution in [2.75, 3.05) is 12.3 Å². The summed E-state index contributed by atoms with van der Waals surface area (Å²) < 4.78 is 15.4. The molecule has 4 aromatic rings. The third-order valence-corrected chi connectivity index (χ3v) is 6.85. The molecule has 168 valence electrons. The average Bonchev–Trinajstić information content (AvgIpc) is 3.33. The van der Waals surface area contributed by atoms with E-state index in [-0.39, 0.29) is 11.7 Å². The lowest BCUT2D eigenvalue weighted by Crippen LogP contribution is -2.26. The molecule has 0 bridgehead atoms.